The molecule has 6 nitrogen and oxygen atoms in total. The molecular formula is C17H22N4O2. The van der Waals surface area contributed by atoms with Gasteiger partial charge in [-0.2, -0.15) is 0 Å². The number of carbonyl (C=O) groups excluding carboxylic acids is 1. The van der Waals surface area contributed by atoms with Crippen molar-refractivity contribution >= 4 is 5.91 Å². The Balaban J connectivity index is 1.68. The van der Waals surface area contributed by atoms with Crippen LogP contribution in [-0.2, 0) is 16.1 Å². The lowest BCUT2D eigenvalue weighted by molar-refractivity contribution is -0.155. The summed E-state index contributed by atoms with van der Waals surface area (Å²) in [5.74, 6) is 0.120. The average molecular weight is 314 g/mol. The second-order valence-corrected chi connectivity index (χ2v) is 6.44. The quantitative estimate of drug-likeness (QED) is 0.866. The molecule has 6 heteroatoms. The molecule has 1 saturated heterocycles. The van der Waals surface area contributed by atoms with Crippen LogP contribution >= 0.6 is 0 Å². The Bertz CT molecular complexity index is 640. The number of aromatic nitrogens is 3. The summed E-state index contributed by atoms with van der Waals surface area (Å²) in [4.78, 5) is 14.6. The fourth-order valence-corrected chi connectivity index (χ4v) is 2.85. The van der Waals surface area contributed by atoms with Crippen LogP contribution in [0.5, 0.6) is 0 Å². The van der Waals surface area contributed by atoms with Gasteiger partial charge in [-0.05, 0) is 19.4 Å². The Kier molecular flexibility index (Phi) is 4.43. The molecule has 1 aliphatic rings. The highest BCUT2D eigenvalue weighted by atomic mass is 16.5. The third-order valence-electron chi connectivity index (χ3n) is 4.22. The van der Waals surface area contributed by atoms with Gasteiger partial charge in [0.15, 0.2) is 0 Å². The van der Waals surface area contributed by atoms with Gasteiger partial charge in [0.1, 0.15) is 6.10 Å². The number of amides is 1. The molecule has 0 bridgehead atoms. The average Bonchev–Trinajstić information content (AvgIpc) is 3.07. The summed E-state index contributed by atoms with van der Waals surface area (Å²) in [7, 11) is 0. The SMILES string of the molecule is CC1(C)COC(c2ccccc2)CN1C(=O)CCn1ccnn1. The van der Waals surface area contributed by atoms with Gasteiger partial charge >= 0.3 is 0 Å². The van der Waals surface area contributed by atoms with Crippen LogP contribution in [0.4, 0.5) is 0 Å². The summed E-state index contributed by atoms with van der Waals surface area (Å²) in [6.45, 7) is 5.74. The lowest BCUT2D eigenvalue weighted by Gasteiger charge is -2.45. The molecule has 0 spiro atoms. The number of hydrogen-bond acceptors (Lipinski definition) is 4. The summed E-state index contributed by atoms with van der Waals surface area (Å²) in [5, 5.41) is 7.66. The minimum Gasteiger partial charge on any atom is -0.369 e. The van der Waals surface area contributed by atoms with Gasteiger partial charge in [0.2, 0.25) is 5.91 Å². The minimum absolute atomic E-state index is 0.0699. The monoisotopic (exact) mass is 314 g/mol. The Morgan fingerprint density at radius 1 is 1.35 bits per heavy atom. The molecule has 1 aromatic heterocycles. The van der Waals surface area contributed by atoms with Crippen LogP contribution < -0.4 is 0 Å². The number of benzene rings is 1. The fraction of sp³-hybridized carbons (Fsp3) is 0.471. The summed E-state index contributed by atoms with van der Waals surface area (Å²) in [5.41, 5.74) is 0.808. The van der Waals surface area contributed by atoms with Gasteiger partial charge in [-0.15, -0.1) is 5.10 Å². The van der Waals surface area contributed by atoms with Crippen LogP contribution in [0.15, 0.2) is 42.7 Å². The van der Waals surface area contributed by atoms with Crippen LogP contribution in [-0.4, -0.2) is 44.5 Å². The predicted molar refractivity (Wildman–Crippen MR) is 85.6 cm³/mol. The van der Waals surface area contributed by atoms with Gasteiger partial charge in [0.25, 0.3) is 0 Å². The molecule has 23 heavy (non-hydrogen) atoms. The second-order valence-electron chi connectivity index (χ2n) is 6.44. The number of morpholine rings is 1. The first-order valence-corrected chi connectivity index (χ1v) is 7.87. The number of nitrogens with zero attached hydrogens (tertiary/aromatic N) is 4. The molecule has 1 aliphatic heterocycles. The van der Waals surface area contributed by atoms with Crippen molar-refractivity contribution in [2.24, 2.45) is 0 Å². The van der Waals surface area contributed by atoms with Gasteiger partial charge in [-0.25, -0.2) is 0 Å². The molecule has 0 N–H and O–H groups in total. The first kappa shape index (κ1) is 15.7. The number of hydrogen-bond donors (Lipinski definition) is 0. The molecule has 3 rings (SSSR count). The first-order chi connectivity index (χ1) is 11.1. The molecule has 122 valence electrons. The van der Waals surface area contributed by atoms with E-state index in [0.717, 1.165) is 5.56 Å². The van der Waals surface area contributed by atoms with E-state index < -0.39 is 0 Å². The molecule has 1 unspecified atom stereocenters. The standard InChI is InChI=1S/C17H22N4O2/c1-17(2)13-23-15(14-6-4-3-5-7-14)12-21(17)16(22)8-10-20-11-9-18-19-20/h3-7,9,11,15H,8,10,12-13H2,1-2H3. The Hall–Kier alpha value is -2.21. The van der Waals surface area contributed by atoms with E-state index in [4.69, 9.17) is 4.74 Å². The zero-order chi connectivity index (χ0) is 16.3. The fourth-order valence-electron chi connectivity index (χ4n) is 2.85. The van der Waals surface area contributed by atoms with Crippen LogP contribution in [0.1, 0.15) is 31.9 Å². The van der Waals surface area contributed by atoms with Gasteiger partial charge in [0.05, 0.1) is 31.4 Å². The molecule has 1 amide bonds. The van der Waals surface area contributed by atoms with Crippen molar-refractivity contribution < 1.29 is 9.53 Å². The second kappa shape index (κ2) is 6.50. The van der Waals surface area contributed by atoms with Gasteiger partial charge in [-0.3, -0.25) is 9.48 Å². The largest absolute Gasteiger partial charge is 0.369 e. The summed E-state index contributed by atoms with van der Waals surface area (Å²) in [6.07, 6.45) is 3.73. The van der Waals surface area contributed by atoms with E-state index in [1.807, 2.05) is 49.1 Å². The van der Waals surface area contributed by atoms with Crippen molar-refractivity contribution in [1.82, 2.24) is 19.9 Å². The summed E-state index contributed by atoms with van der Waals surface area (Å²) >= 11 is 0. The lowest BCUT2D eigenvalue weighted by atomic mass is 9.97. The molecule has 0 saturated carbocycles. The van der Waals surface area contributed by atoms with Crippen molar-refractivity contribution in [2.75, 3.05) is 13.2 Å². The molecule has 2 heterocycles. The molecular weight excluding hydrogens is 292 g/mol. The molecule has 1 atom stereocenters. The lowest BCUT2D eigenvalue weighted by Crippen LogP contribution is -2.56. The van der Waals surface area contributed by atoms with Crippen LogP contribution in [0.2, 0.25) is 0 Å². The van der Waals surface area contributed by atoms with Crippen molar-refractivity contribution in [3.05, 3.63) is 48.3 Å². The minimum atomic E-state index is -0.301. The molecule has 1 fully saturated rings. The highest BCUT2D eigenvalue weighted by Gasteiger charge is 2.38. The van der Waals surface area contributed by atoms with Crippen molar-refractivity contribution in [2.45, 2.75) is 38.5 Å². The number of ether oxygens (including phenoxy) is 1. The van der Waals surface area contributed by atoms with Gasteiger partial charge < -0.3 is 9.64 Å². The van der Waals surface area contributed by atoms with E-state index >= 15 is 0 Å². The van der Waals surface area contributed by atoms with E-state index in [9.17, 15) is 4.79 Å². The van der Waals surface area contributed by atoms with E-state index in [-0.39, 0.29) is 17.6 Å². The normalized spacial score (nSPS) is 20.4. The maximum absolute atomic E-state index is 12.7. The third-order valence-corrected chi connectivity index (χ3v) is 4.22. The van der Waals surface area contributed by atoms with E-state index in [0.29, 0.717) is 26.1 Å². The topological polar surface area (TPSA) is 60.2 Å². The van der Waals surface area contributed by atoms with Crippen LogP contribution in [0.3, 0.4) is 0 Å². The van der Waals surface area contributed by atoms with Crippen molar-refractivity contribution in [3.8, 4) is 0 Å². The van der Waals surface area contributed by atoms with E-state index in [1.165, 1.54) is 0 Å². The summed E-state index contributed by atoms with van der Waals surface area (Å²) in [6, 6.07) is 10.1. The zero-order valence-electron chi connectivity index (χ0n) is 13.6. The highest BCUT2D eigenvalue weighted by Crippen LogP contribution is 2.30. The van der Waals surface area contributed by atoms with Gasteiger partial charge in [-0.1, -0.05) is 35.5 Å². The van der Waals surface area contributed by atoms with Crippen molar-refractivity contribution in [3.63, 3.8) is 0 Å². The zero-order valence-corrected chi connectivity index (χ0v) is 13.6. The van der Waals surface area contributed by atoms with Crippen molar-refractivity contribution in [1.29, 1.82) is 0 Å². The Morgan fingerprint density at radius 3 is 2.83 bits per heavy atom. The third kappa shape index (κ3) is 3.59. The van der Waals surface area contributed by atoms with E-state index in [1.54, 1.807) is 17.1 Å². The van der Waals surface area contributed by atoms with Crippen LogP contribution in [0, 0.1) is 0 Å². The molecule has 0 radical (unpaired) electrons. The van der Waals surface area contributed by atoms with E-state index in [2.05, 4.69) is 10.3 Å². The van der Waals surface area contributed by atoms with Gasteiger partial charge in [0, 0.05) is 12.6 Å². The van der Waals surface area contributed by atoms with Crippen LogP contribution in [0.25, 0.3) is 0 Å². The smallest absolute Gasteiger partial charge is 0.225 e. The number of carbonyl (C=O) groups is 1. The Labute approximate surface area is 136 Å². The Morgan fingerprint density at radius 2 is 2.13 bits per heavy atom. The maximum atomic E-state index is 12.7. The first-order valence-electron chi connectivity index (χ1n) is 7.87. The maximum Gasteiger partial charge on any atom is 0.225 e. The highest BCUT2D eigenvalue weighted by molar-refractivity contribution is 5.77. The molecule has 2 aromatic rings. The molecule has 1 aromatic carbocycles. The number of aryl methyl sites for hydroxylation is 1. The summed E-state index contributed by atoms with van der Waals surface area (Å²) < 4.78 is 7.67. The molecule has 0 aliphatic carbocycles. The number of rotatable bonds is 4. The predicted octanol–water partition coefficient (Wildman–Crippen LogP) is 2.05.